The van der Waals surface area contributed by atoms with E-state index in [-0.39, 0.29) is 5.91 Å². The Bertz CT molecular complexity index is 808. The number of nitrogens with zero attached hydrogens (tertiary/aromatic N) is 2. The summed E-state index contributed by atoms with van der Waals surface area (Å²) in [7, 11) is 1.76. The molecule has 1 N–H and O–H groups in total. The third-order valence-electron chi connectivity index (χ3n) is 3.27. The van der Waals surface area contributed by atoms with E-state index in [2.05, 4.69) is 9.97 Å². The quantitative estimate of drug-likeness (QED) is 0.797. The molecular formula is C15H14ClN3OS. The molecule has 0 radical (unpaired) electrons. The number of aryl methyl sites for hydroxylation is 1. The number of H-pyrrole nitrogens is 1. The summed E-state index contributed by atoms with van der Waals surface area (Å²) in [6, 6.07) is 7.62. The van der Waals surface area contributed by atoms with Gasteiger partial charge in [0, 0.05) is 29.0 Å². The van der Waals surface area contributed by atoms with Crippen molar-refractivity contribution in [2.45, 2.75) is 13.5 Å². The van der Waals surface area contributed by atoms with Crippen molar-refractivity contribution in [1.82, 2.24) is 14.9 Å². The molecule has 0 saturated heterocycles. The number of hydrogen-bond donors (Lipinski definition) is 1. The molecule has 0 aliphatic rings. The fraction of sp³-hybridized carbons (Fsp3) is 0.200. The number of thiazole rings is 1. The molecule has 0 fully saturated rings. The lowest BCUT2D eigenvalue weighted by molar-refractivity contribution is 0.0782. The lowest BCUT2D eigenvalue weighted by Gasteiger charge is -2.15. The minimum absolute atomic E-state index is 0.123. The van der Waals surface area contributed by atoms with Crippen LogP contribution in [0, 0.1) is 6.92 Å². The average Bonchev–Trinajstić information content (AvgIpc) is 3.03. The van der Waals surface area contributed by atoms with E-state index in [4.69, 9.17) is 11.6 Å². The molecule has 3 rings (SSSR count). The van der Waals surface area contributed by atoms with E-state index in [0.717, 1.165) is 20.8 Å². The van der Waals surface area contributed by atoms with Gasteiger partial charge in [0.2, 0.25) is 0 Å². The molecule has 2 heterocycles. The van der Waals surface area contributed by atoms with E-state index in [1.54, 1.807) is 29.5 Å². The molecular weight excluding hydrogens is 306 g/mol. The van der Waals surface area contributed by atoms with E-state index < -0.39 is 0 Å². The number of para-hydroxylation sites is 1. The van der Waals surface area contributed by atoms with Crippen LogP contribution in [0.4, 0.5) is 0 Å². The zero-order valence-electron chi connectivity index (χ0n) is 11.7. The number of amides is 1. The van der Waals surface area contributed by atoms with Crippen LogP contribution >= 0.6 is 22.9 Å². The highest BCUT2D eigenvalue weighted by atomic mass is 35.5. The highest BCUT2D eigenvalue weighted by Crippen LogP contribution is 2.28. The minimum atomic E-state index is -0.123. The van der Waals surface area contributed by atoms with Gasteiger partial charge in [0.15, 0.2) is 0 Å². The van der Waals surface area contributed by atoms with Gasteiger partial charge in [-0.2, -0.15) is 0 Å². The zero-order chi connectivity index (χ0) is 15.0. The van der Waals surface area contributed by atoms with Crippen LogP contribution in [-0.4, -0.2) is 27.8 Å². The molecule has 108 valence electrons. The lowest BCUT2D eigenvalue weighted by Crippen LogP contribution is -2.26. The molecule has 21 heavy (non-hydrogen) atoms. The number of nitrogens with one attached hydrogen (secondary N) is 1. The van der Waals surface area contributed by atoms with E-state index in [1.165, 1.54) is 0 Å². The predicted octanol–water partition coefficient (Wildman–Crippen LogP) is 3.86. The Hall–Kier alpha value is -1.85. The predicted molar refractivity (Wildman–Crippen MR) is 86.0 cm³/mol. The van der Waals surface area contributed by atoms with Crippen LogP contribution in [-0.2, 0) is 6.54 Å². The number of halogens is 1. The second kappa shape index (κ2) is 5.50. The fourth-order valence-corrected chi connectivity index (χ4v) is 3.37. The Morgan fingerprint density at radius 1 is 1.43 bits per heavy atom. The molecule has 2 aromatic heterocycles. The average molecular weight is 320 g/mol. The van der Waals surface area contributed by atoms with E-state index in [0.29, 0.717) is 17.3 Å². The van der Waals surface area contributed by atoms with Crippen LogP contribution in [0.2, 0.25) is 5.02 Å². The third kappa shape index (κ3) is 2.66. The first-order valence-electron chi connectivity index (χ1n) is 6.49. The van der Waals surface area contributed by atoms with Gasteiger partial charge in [0.25, 0.3) is 5.91 Å². The van der Waals surface area contributed by atoms with E-state index in [9.17, 15) is 4.79 Å². The number of aromatic amines is 1. The third-order valence-corrected chi connectivity index (χ3v) is 4.56. The van der Waals surface area contributed by atoms with E-state index >= 15 is 0 Å². The summed E-state index contributed by atoms with van der Waals surface area (Å²) in [4.78, 5) is 22.5. The number of carbonyl (C=O) groups excluding carboxylic acids is 1. The molecule has 4 nitrogen and oxygen atoms in total. The molecule has 0 unspecified atom stereocenters. The van der Waals surface area contributed by atoms with Crippen LogP contribution in [0.25, 0.3) is 10.9 Å². The van der Waals surface area contributed by atoms with Crippen LogP contribution in [0.3, 0.4) is 0 Å². The summed E-state index contributed by atoms with van der Waals surface area (Å²) < 4.78 is 0. The van der Waals surface area contributed by atoms with Crippen molar-refractivity contribution >= 4 is 39.7 Å². The van der Waals surface area contributed by atoms with Crippen LogP contribution in [0.5, 0.6) is 0 Å². The fourth-order valence-electron chi connectivity index (χ4n) is 2.23. The smallest absolute Gasteiger partial charge is 0.271 e. The maximum absolute atomic E-state index is 12.5. The highest BCUT2D eigenvalue weighted by Gasteiger charge is 2.20. The number of aromatic nitrogens is 2. The topological polar surface area (TPSA) is 49.0 Å². The molecule has 6 heteroatoms. The molecule has 0 aliphatic heterocycles. The van der Waals surface area contributed by atoms with Crippen LogP contribution < -0.4 is 0 Å². The Labute approximate surface area is 131 Å². The van der Waals surface area contributed by atoms with Crippen molar-refractivity contribution in [2.24, 2.45) is 0 Å². The van der Waals surface area contributed by atoms with E-state index in [1.807, 2.05) is 31.2 Å². The Balaban J connectivity index is 1.87. The van der Waals surface area contributed by atoms with Gasteiger partial charge in [0.05, 0.1) is 16.6 Å². The summed E-state index contributed by atoms with van der Waals surface area (Å²) in [6.07, 6.45) is 1.80. The molecule has 3 aromatic rings. The number of rotatable bonds is 3. The van der Waals surface area contributed by atoms with Gasteiger partial charge < -0.3 is 9.88 Å². The van der Waals surface area contributed by atoms with Crippen LogP contribution in [0.1, 0.15) is 20.4 Å². The first-order chi connectivity index (χ1) is 10.1. The van der Waals surface area contributed by atoms with Gasteiger partial charge in [-0.05, 0) is 13.0 Å². The van der Waals surface area contributed by atoms with Crippen molar-refractivity contribution in [2.75, 3.05) is 7.05 Å². The van der Waals surface area contributed by atoms with Crippen molar-refractivity contribution in [3.63, 3.8) is 0 Å². The Kier molecular flexibility index (Phi) is 3.69. The largest absolute Gasteiger partial charge is 0.349 e. The van der Waals surface area contributed by atoms with Gasteiger partial charge in [-0.25, -0.2) is 4.98 Å². The maximum atomic E-state index is 12.5. The summed E-state index contributed by atoms with van der Waals surface area (Å²) in [6.45, 7) is 2.47. The molecule has 0 bridgehead atoms. The summed E-state index contributed by atoms with van der Waals surface area (Å²) in [5.74, 6) is -0.123. The van der Waals surface area contributed by atoms with Crippen LogP contribution in [0.15, 0.2) is 30.5 Å². The van der Waals surface area contributed by atoms with Crippen molar-refractivity contribution in [3.05, 3.63) is 51.1 Å². The van der Waals surface area contributed by atoms with Gasteiger partial charge in [0.1, 0.15) is 5.69 Å². The second-order valence-corrected chi connectivity index (χ2v) is 6.56. The lowest BCUT2D eigenvalue weighted by atomic mass is 10.2. The number of carbonyl (C=O) groups is 1. The van der Waals surface area contributed by atoms with Gasteiger partial charge >= 0.3 is 0 Å². The highest BCUT2D eigenvalue weighted by molar-refractivity contribution is 7.11. The van der Waals surface area contributed by atoms with Gasteiger partial charge in [-0.1, -0.05) is 29.8 Å². The summed E-state index contributed by atoms with van der Waals surface area (Å²) in [5, 5.41) is 2.34. The monoisotopic (exact) mass is 319 g/mol. The first-order valence-corrected chi connectivity index (χ1v) is 7.68. The number of benzene rings is 1. The molecule has 1 amide bonds. The molecule has 0 spiro atoms. The van der Waals surface area contributed by atoms with Crippen molar-refractivity contribution < 1.29 is 4.79 Å². The Morgan fingerprint density at radius 3 is 2.86 bits per heavy atom. The number of hydrogen-bond acceptors (Lipinski definition) is 3. The van der Waals surface area contributed by atoms with Crippen molar-refractivity contribution in [3.8, 4) is 0 Å². The zero-order valence-corrected chi connectivity index (χ0v) is 13.3. The molecule has 0 atom stereocenters. The van der Waals surface area contributed by atoms with Gasteiger partial charge in [-0.15, -0.1) is 11.3 Å². The number of fused-ring (bicyclic) bond motifs is 1. The van der Waals surface area contributed by atoms with Crippen molar-refractivity contribution in [1.29, 1.82) is 0 Å². The Morgan fingerprint density at radius 2 is 2.19 bits per heavy atom. The minimum Gasteiger partial charge on any atom is -0.349 e. The van der Waals surface area contributed by atoms with Gasteiger partial charge in [-0.3, -0.25) is 4.79 Å². The second-order valence-electron chi connectivity index (χ2n) is 4.87. The first kappa shape index (κ1) is 14.1. The maximum Gasteiger partial charge on any atom is 0.271 e. The standard InChI is InChI=1S/C15H14ClN3OS/c1-9-17-7-10(21-9)8-19(2)15(20)14-13(16)11-5-3-4-6-12(11)18-14/h3-7,18H,8H2,1-2H3. The molecule has 1 aromatic carbocycles. The SMILES string of the molecule is Cc1ncc(CN(C)C(=O)c2[nH]c3ccccc3c2Cl)s1. The summed E-state index contributed by atoms with van der Waals surface area (Å²) >= 11 is 7.90. The molecule has 0 aliphatic carbocycles. The normalized spacial score (nSPS) is 11.0. The summed E-state index contributed by atoms with van der Waals surface area (Å²) in [5.41, 5.74) is 1.30. The molecule has 0 saturated carbocycles.